The monoisotopic (exact) mass is 237 g/mol. The number of nitrogens with one attached hydrogen (secondary N) is 1. The van der Waals surface area contributed by atoms with Gasteiger partial charge in [-0.05, 0) is 49.7 Å². The van der Waals surface area contributed by atoms with Crippen LogP contribution in [0.25, 0.3) is 0 Å². The van der Waals surface area contributed by atoms with Gasteiger partial charge in [0.05, 0.1) is 0 Å². The number of thiophene rings is 1. The SMILES string of the molecule is C=C(CC)CC(NCCC)c1sccc1C. The van der Waals surface area contributed by atoms with Crippen LogP contribution in [0.1, 0.15) is 49.6 Å². The van der Waals surface area contributed by atoms with Crippen molar-refractivity contribution in [1.82, 2.24) is 5.32 Å². The van der Waals surface area contributed by atoms with Crippen LogP contribution in [-0.4, -0.2) is 6.54 Å². The van der Waals surface area contributed by atoms with E-state index >= 15 is 0 Å². The molecular formula is C14H23NS. The molecule has 0 aliphatic heterocycles. The smallest absolute Gasteiger partial charge is 0.0454 e. The summed E-state index contributed by atoms with van der Waals surface area (Å²) in [6, 6.07) is 2.67. The van der Waals surface area contributed by atoms with E-state index in [-0.39, 0.29) is 0 Å². The first-order valence-corrected chi connectivity index (χ1v) is 7.01. The van der Waals surface area contributed by atoms with Crippen molar-refractivity contribution in [3.8, 4) is 0 Å². The second-order valence-electron chi connectivity index (χ2n) is 4.28. The molecule has 0 saturated carbocycles. The van der Waals surface area contributed by atoms with E-state index in [2.05, 4.69) is 44.1 Å². The third-order valence-corrected chi connectivity index (χ3v) is 3.98. The van der Waals surface area contributed by atoms with Crippen molar-refractivity contribution < 1.29 is 0 Å². The fraction of sp³-hybridized carbons (Fsp3) is 0.571. The van der Waals surface area contributed by atoms with Gasteiger partial charge in [0, 0.05) is 10.9 Å². The molecule has 0 aliphatic rings. The van der Waals surface area contributed by atoms with Crippen LogP contribution >= 0.6 is 11.3 Å². The zero-order valence-electron chi connectivity index (χ0n) is 10.7. The summed E-state index contributed by atoms with van der Waals surface area (Å²) in [4.78, 5) is 1.48. The van der Waals surface area contributed by atoms with Crippen LogP contribution in [0.2, 0.25) is 0 Å². The standard InChI is InChI=1S/C14H23NS/c1-5-8-15-13(10-11(3)6-2)14-12(4)7-9-16-14/h7,9,13,15H,3,5-6,8,10H2,1-2,4H3. The number of hydrogen-bond donors (Lipinski definition) is 1. The number of rotatable bonds is 7. The molecule has 1 rings (SSSR count). The van der Waals surface area contributed by atoms with Crippen molar-refractivity contribution in [2.24, 2.45) is 0 Å². The van der Waals surface area contributed by atoms with Gasteiger partial charge in [-0.15, -0.1) is 11.3 Å². The number of hydrogen-bond acceptors (Lipinski definition) is 2. The highest BCUT2D eigenvalue weighted by Gasteiger charge is 2.14. The van der Waals surface area contributed by atoms with Gasteiger partial charge in [0.25, 0.3) is 0 Å². The van der Waals surface area contributed by atoms with E-state index in [0.717, 1.165) is 19.4 Å². The second kappa shape index (κ2) is 6.87. The van der Waals surface area contributed by atoms with Crippen LogP contribution < -0.4 is 5.32 Å². The molecule has 90 valence electrons. The maximum Gasteiger partial charge on any atom is 0.0454 e. The van der Waals surface area contributed by atoms with Gasteiger partial charge in [-0.1, -0.05) is 26.0 Å². The molecule has 0 aromatic carbocycles. The third-order valence-electron chi connectivity index (χ3n) is 2.85. The predicted octanol–water partition coefficient (Wildman–Crippen LogP) is 4.45. The van der Waals surface area contributed by atoms with E-state index in [0.29, 0.717) is 6.04 Å². The van der Waals surface area contributed by atoms with Crippen LogP contribution in [0.15, 0.2) is 23.6 Å². The zero-order valence-corrected chi connectivity index (χ0v) is 11.5. The molecule has 0 amide bonds. The lowest BCUT2D eigenvalue weighted by Crippen LogP contribution is -2.22. The molecule has 1 nitrogen and oxygen atoms in total. The maximum absolute atomic E-state index is 4.13. The van der Waals surface area contributed by atoms with Crippen LogP contribution in [0.5, 0.6) is 0 Å². The molecule has 1 unspecified atom stereocenters. The second-order valence-corrected chi connectivity index (χ2v) is 5.23. The highest BCUT2D eigenvalue weighted by atomic mass is 32.1. The molecule has 1 atom stereocenters. The van der Waals surface area contributed by atoms with Crippen LogP contribution in [0.3, 0.4) is 0 Å². The fourth-order valence-corrected chi connectivity index (χ4v) is 2.75. The summed E-state index contributed by atoms with van der Waals surface area (Å²) in [5.41, 5.74) is 2.74. The summed E-state index contributed by atoms with van der Waals surface area (Å²) in [6.07, 6.45) is 3.33. The summed E-state index contributed by atoms with van der Waals surface area (Å²) in [6.45, 7) is 11.8. The summed E-state index contributed by atoms with van der Waals surface area (Å²) in [5, 5.41) is 5.81. The zero-order chi connectivity index (χ0) is 12.0. The molecule has 0 radical (unpaired) electrons. The molecule has 0 saturated heterocycles. The average molecular weight is 237 g/mol. The molecule has 1 heterocycles. The highest BCUT2D eigenvalue weighted by Crippen LogP contribution is 2.29. The Hall–Kier alpha value is -0.600. The molecule has 1 aromatic heterocycles. The molecule has 1 N–H and O–H groups in total. The van der Waals surface area contributed by atoms with E-state index in [4.69, 9.17) is 0 Å². The van der Waals surface area contributed by atoms with Crippen molar-refractivity contribution in [2.75, 3.05) is 6.54 Å². The van der Waals surface area contributed by atoms with Gasteiger partial charge in [0.1, 0.15) is 0 Å². The van der Waals surface area contributed by atoms with Gasteiger partial charge >= 0.3 is 0 Å². The third kappa shape index (κ3) is 3.76. The van der Waals surface area contributed by atoms with Crippen LogP contribution in [-0.2, 0) is 0 Å². The molecule has 0 aliphatic carbocycles. The molecule has 0 bridgehead atoms. The largest absolute Gasteiger partial charge is 0.309 e. The Morgan fingerprint density at radius 3 is 2.75 bits per heavy atom. The minimum Gasteiger partial charge on any atom is -0.309 e. The van der Waals surface area contributed by atoms with E-state index in [1.54, 1.807) is 0 Å². The lowest BCUT2D eigenvalue weighted by molar-refractivity contribution is 0.529. The summed E-state index contributed by atoms with van der Waals surface area (Å²) in [7, 11) is 0. The Balaban J connectivity index is 2.71. The van der Waals surface area contributed by atoms with Gasteiger partial charge in [-0.25, -0.2) is 0 Å². The van der Waals surface area contributed by atoms with Crippen molar-refractivity contribution in [1.29, 1.82) is 0 Å². The van der Waals surface area contributed by atoms with Gasteiger partial charge < -0.3 is 5.32 Å². The molecule has 1 aromatic rings. The highest BCUT2D eigenvalue weighted by molar-refractivity contribution is 7.10. The topological polar surface area (TPSA) is 12.0 Å². The Labute approximate surface area is 104 Å². The summed E-state index contributed by atoms with van der Waals surface area (Å²) in [5.74, 6) is 0. The fourth-order valence-electron chi connectivity index (χ4n) is 1.75. The van der Waals surface area contributed by atoms with E-state index < -0.39 is 0 Å². The van der Waals surface area contributed by atoms with Crippen molar-refractivity contribution in [2.45, 2.75) is 46.1 Å². The first-order valence-electron chi connectivity index (χ1n) is 6.13. The predicted molar refractivity (Wildman–Crippen MR) is 74.1 cm³/mol. The molecular weight excluding hydrogens is 214 g/mol. The van der Waals surface area contributed by atoms with Gasteiger partial charge in [-0.2, -0.15) is 0 Å². The molecule has 0 spiro atoms. The quantitative estimate of drug-likeness (QED) is 0.691. The lowest BCUT2D eigenvalue weighted by Gasteiger charge is -2.19. The number of aryl methyl sites for hydroxylation is 1. The first-order chi connectivity index (χ1) is 7.69. The van der Waals surface area contributed by atoms with Crippen molar-refractivity contribution in [3.05, 3.63) is 34.0 Å². The Morgan fingerprint density at radius 2 is 2.25 bits per heavy atom. The molecule has 16 heavy (non-hydrogen) atoms. The van der Waals surface area contributed by atoms with Gasteiger partial charge in [-0.3, -0.25) is 0 Å². The molecule has 2 heteroatoms. The Morgan fingerprint density at radius 1 is 1.50 bits per heavy atom. The normalized spacial score (nSPS) is 12.7. The maximum atomic E-state index is 4.13. The minimum absolute atomic E-state index is 0.465. The lowest BCUT2D eigenvalue weighted by atomic mass is 10.0. The van der Waals surface area contributed by atoms with Crippen molar-refractivity contribution >= 4 is 11.3 Å². The van der Waals surface area contributed by atoms with E-state index in [1.807, 2.05) is 11.3 Å². The van der Waals surface area contributed by atoms with Crippen molar-refractivity contribution in [3.63, 3.8) is 0 Å². The van der Waals surface area contributed by atoms with Gasteiger partial charge in [0.15, 0.2) is 0 Å². The van der Waals surface area contributed by atoms with Crippen LogP contribution in [0, 0.1) is 6.92 Å². The van der Waals surface area contributed by atoms with Crippen LogP contribution in [0.4, 0.5) is 0 Å². The summed E-state index contributed by atoms with van der Waals surface area (Å²) < 4.78 is 0. The van der Waals surface area contributed by atoms with E-state index in [1.165, 1.54) is 22.4 Å². The summed E-state index contributed by atoms with van der Waals surface area (Å²) >= 11 is 1.86. The first kappa shape index (κ1) is 13.5. The van der Waals surface area contributed by atoms with E-state index in [9.17, 15) is 0 Å². The Bertz CT molecular complexity index is 327. The van der Waals surface area contributed by atoms with Gasteiger partial charge in [0.2, 0.25) is 0 Å². The Kier molecular flexibility index (Phi) is 5.78. The average Bonchev–Trinajstić information content (AvgIpc) is 2.70. The minimum atomic E-state index is 0.465. The molecule has 0 fully saturated rings.